The van der Waals surface area contributed by atoms with Gasteiger partial charge in [-0.2, -0.15) is 8.42 Å². The van der Waals surface area contributed by atoms with Crippen LogP contribution in [0.4, 0.5) is 0 Å². The maximum absolute atomic E-state index is 13.1. The van der Waals surface area contributed by atoms with Crippen LogP contribution in [0.3, 0.4) is 0 Å². The fourth-order valence-electron chi connectivity index (χ4n) is 7.90. The monoisotopic (exact) mass is 890 g/mol. The Morgan fingerprint density at radius 3 is 1.59 bits per heavy atom. The minimum absolute atomic E-state index is 0.237. The summed E-state index contributed by atoms with van der Waals surface area (Å²) in [5.74, 6) is -0.237. The van der Waals surface area contributed by atoms with Crippen molar-refractivity contribution in [2.75, 3.05) is 13.2 Å². The summed E-state index contributed by atoms with van der Waals surface area (Å²) < 4.78 is 47.7. The van der Waals surface area contributed by atoms with E-state index in [9.17, 15) is 38.2 Å². The van der Waals surface area contributed by atoms with Crippen LogP contribution < -0.4 is 5.32 Å². The normalized spacial score (nSPS) is 20.8. The molecule has 6 N–H and O–H groups in total. The van der Waals surface area contributed by atoms with Crippen LogP contribution in [0.1, 0.15) is 219 Å². The highest BCUT2D eigenvalue weighted by Gasteiger charge is 2.48. The number of allylic oxidation sites excluding steroid dienone is 4. The SMILES string of the molecule is CCCCC/C=C\C/C=C\CCCCCCCCCC(=O)NC(COC1OC(CO)C(O)C(OS(=O)(=O)O)C1O)C(O)CCCCCCCCCCCCCCCCCCC. The summed E-state index contributed by atoms with van der Waals surface area (Å²) in [7, 11) is -5.08. The van der Waals surface area contributed by atoms with E-state index in [1.54, 1.807) is 0 Å². The van der Waals surface area contributed by atoms with Crippen LogP contribution in [0.5, 0.6) is 0 Å². The van der Waals surface area contributed by atoms with E-state index in [4.69, 9.17) is 9.47 Å². The maximum atomic E-state index is 13.1. The molecule has 1 aliphatic rings. The molecular weight excluding hydrogens is 799 g/mol. The second-order valence-electron chi connectivity index (χ2n) is 17.4. The summed E-state index contributed by atoms with van der Waals surface area (Å²) in [5, 5.41) is 44.9. The predicted octanol–water partition coefficient (Wildman–Crippen LogP) is 10.1. The van der Waals surface area contributed by atoms with Gasteiger partial charge in [-0.3, -0.25) is 9.35 Å². The van der Waals surface area contributed by atoms with E-state index < -0.39 is 59.9 Å². The van der Waals surface area contributed by atoms with Gasteiger partial charge >= 0.3 is 10.4 Å². The molecular formula is C48H91NO11S. The molecule has 0 radical (unpaired) electrons. The third kappa shape index (κ3) is 32.0. The van der Waals surface area contributed by atoms with E-state index in [0.717, 1.165) is 57.8 Å². The van der Waals surface area contributed by atoms with Gasteiger partial charge in [-0.15, -0.1) is 0 Å². The van der Waals surface area contributed by atoms with Gasteiger partial charge in [0.15, 0.2) is 6.29 Å². The molecule has 0 saturated carbocycles. The lowest BCUT2D eigenvalue weighted by molar-refractivity contribution is -0.298. The number of nitrogens with one attached hydrogen (secondary N) is 1. The van der Waals surface area contributed by atoms with Gasteiger partial charge in [-0.05, 0) is 44.9 Å². The van der Waals surface area contributed by atoms with Crippen LogP contribution in [0.25, 0.3) is 0 Å². The van der Waals surface area contributed by atoms with Crippen molar-refractivity contribution in [3.8, 4) is 0 Å². The van der Waals surface area contributed by atoms with Crippen molar-refractivity contribution in [1.29, 1.82) is 0 Å². The second-order valence-corrected chi connectivity index (χ2v) is 18.5. The molecule has 13 heteroatoms. The Morgan fingerprint density at radius 1 is 0.656 bits per heavy atom. The average Bonchev–Trinajstić information content (AvgIpc) is 3.23. The van der Waals surface area contributed by atoms with Crippen molar-refractivity contribution in [3.05, 3.63) is 24.3 Å². The third-order valence-electron chi connectivity index (χ3n) is 11.8. The lowest BCUT2D eigenvalue weighted by atomic mass is 9.99. The summed E-state index contributed by atoms with van der Waals surface area (Å²) >= 11 is 0. The van der Waals surface area contributed by atoms with Gasteiger partial charge in [0, 0.05) is 6.42 Å². The molecule has 61 heavy (non-hydrogen) atoms. The number of aliphatic hydroxyl groups excluding tert-OH is 4. The van der Waals surface area contributed by atoms with E-state index >= 15 is 0 Å². The lowest BCUT2D eigenvalue weighted by Crippen LogP contribution is -2.61. The lowest BCUT2D eigenvalue weighted by Gasteiger charge is -2.41. The number of carbonyl (C=O) groups is 1. The second kappa shape index (κ2) is 39.0. The van der Waals surface area contributed by atoms with E-state index in [1.165, 1.54) is 128 Å². The van der Waals surface area contributed by atoms with Crippen molar-refractivity contribution >= 4 is 16.3 Å². The highest BCUT2D eigenvalue weighted by atomic mass is 32.3. The summed E-state index contributed by atoms with van der Waals surface area (Å²) in [6, 6.07) is -0.861. The van der Waals surface area contributed by atoms with Gasteiger partial charge in [0.05, 0.1) is 25.4 Å². The van der Waals surface area contributed by atoms with Crippen molar-refractivity contribution in [2.24, 2.45) is 0 Å². The largest absolute Gasteiger partial charge is 0.397 e. The Morgan fingerprint density at radius 2 is 1.10 bits per heavy atom. The van der Waals surface area contributed by atoms with Crippen LogP contribution in [0.2, 0.25) is 0 Å². The molecule has 0 aliphatic carbocycles. The van der Waals surface area contributed by atoms with Crippen LogP contribution in [0, 0.1) is 0 Å². The zero-order valence-corrected chi connectivity index (χ0v) is 39.3. The predicted molar refractivity (Wildman–Crippen MR) is 245 cm³/mol. The Kier molecular flexibility index (Phi) is 36.8. The molecule has 0 aromatic carbocycles. The van der Waals surface area contributed by atoms with E-state index in [-0.39, 0.29) is 18.9 Å². The van der Waals surface area contributed by atoms with Crippen molar-refractivity contribution in [1.82, 2.24) is 5.32 Å². The molecule has 1 aliphatic heterocycles. The number of rotatable bonds is 42. The molecule has 0 bridgehead atoms. The molecule has 1 fully saturated rings. The first-order valence-electron chi connectivity index (χ1n) is 24.7. The zero-order valence-electron chi connectivity index (χ0n) is 38.5. The first-order valence-corrected chi connectivity index (χ1v) is 26.1. The summed E-state index contributed by atoms with van der Waals surface area (Å²) in [4.78, 5) is 13.1. The van der Waals surface area contributed by atoms with Gasteiger partial charge < -0.3 is 35.2 Å². The van der Waals surface area contributed by atoms with Gasteiger partial charge in [0.2, 0.25) is 5.91 Å². The van der Waals surface area contributed by atoms with Crippen molar-refractivity contribution < 1.29 is 51.8 Å². The van der Waals surface area contributed by atoms with Crippen LogP contribution in [0.15, 0.2) is 24.3 Å². The standard InChI is InChI=1S/C48H91NO11S/c1-3-5-7-9-11-13-15-17-19-21-23-25-27-29-31-33-35-37-42(51)41(40-58-48-46(54)47(60-61(55,56)57)45(53)43(39-50)59-48)49-44(52)38-36-34-32-30-28-26-24-22-20-18-16-14-12-10-8-6-4-2/h12,14,18,20,41-43,45-48,50-51,53-54H,3-11,13,15-17,19,21-40H2,1-2H3,(H,49,52)(H,55,56,57)/b14-12-,20-18-. The molecule has 1 rings (SSSR count). The van der Waals surface area contributed by atoms with Gasteiger partial charge in [-0.1, -0.05) is 192 Å². The van der Waals surface area contributed by atoms with E-state index in [2.05, 4.69) is 47.7 Å². The van der Waals surface area contributed by atoms with Crippen molar-refractivity contribution in [3.63, 3.8) is 0 Å². The number of carbonyl (C=O) groups excluding carboxylic acids is 1. The zero-order chi connectivity index (χ0) is 44.8. The third-order valence-corrected chi connectivity index (χ3v) is 12.2. The molecule has 1 amide bonds. The molecule has 0 aromatic rings. The Labute approximate surface area is 372 Å². The molecule has 7 unspecified atom stereocenters. The Hall–Kier alpha value is -1.42. The van der Waals surface area contributed by atoms with Crippen LogP contribution in [-0.2, 0) is 28.9 Å². The van der Waals surface area contributed by atoms with Gasteiger partial charge in [0.1, 0.15) is 24.4 Å². The number of ether oxygens (including phenoxy) is 2. The van der Waals surface area contributed by atoms with E-state index in [0.29, 0.717) is 12.8 Å². The fourth-order valence-corrected chi connectivity index (χ4v) is 8.41. The number of amides is 1. The average molecular weight is 890 g/mol. The Bertz CT molecular complexity index is 1190. The quantitative estimate of drug-likeness (QED) is 0.0194. The van der Waals surface area contributed by atoms with Gasteiger partial charge in [0.25, 0.3) is 0 Å². The number of aliphatic hydroxyl groups is 4. The highest BCUT2D eigenvalue weighted by molar-refractivity contribution is 7.80. The van der Waals surface area contributed by atoms with Gasteiger partial charge in [-0.25, -0.2) is 4.18 Å². The first kappa shape index (κ1) is 57.6. The number of unbranched alkanes of at least 4 members (excludes halogenated alkanes) is 26. The minimum Gasteiger partial charge on any atom is -0.394 e. The summed E-state index contributed by atoms with van der Waals surface area (Å²) in [6.07, 6.45) is 35.9. The van der Waals surface area contributed by atoms with Crippen LogP contribution in [-0.4, -0.2) is 95.4 Å². The Balaban J connectivity index is 2.47. The smallest absolute Gasteiger partial charge is 0.394 e. The summed E-state index contributed by atoms with van der Waals surface area (Å²) in [6.45, 7) is 3.43. The van der Waals surface area contributed by atoms with Crippen LogP contribution >= 0.6 is 0 Å². The maximum Gasteiger partial charge on any atom is 0.397 e. The molecule has 360 valence electrons. The molecule has 7 atom stereocenters. The topological polar surface area (TPSA) is 192 Å². The molecule has 12 nitrogen and oxygen atoms in total. The van der Waals surface area contributed by atoms with E-state index in [1.807, 2.05) is 0 Å². The highest BCUT2D eigenvalue weighted by Crippen LogP contribution is 2.26. The first-order chi connectivity index (χ1) is 29.5. The minimum atomic E-state index is -5.08. The molecule has 0 aromatic heterocycles. The molecule has 0 spiro atoms. The molecule has 1 saturated heterocycles. The fraction of sp³-hybridized carbons (Fsp3) is 0.896. The summed E-state index contributed by atoms with van der Waals surface area (Å²) in [5.41, 5.74) is 0. The molecule has 1 heterocycles. The number of hydrogen-bond donors (Lipinski definition) is 6. The van der Waals surface area contributed by atoms with Crippen molar-refractivity contribution in [2.45, 2.75) is 262 Å². The number of hydrogen-bond acceptors (Lipinski definition) is 10.